The first-order chi connectivity index (χ1) is 24.0. The van der Waals surface area contributed by atoms with Gasteiger partial charge in [-0.25, -0.2) is 0 Å². The van der Waals surface area contributed by atoms with Gasteiger partial charge in [0.15, 0.2) is 11.4 Å². The number of nitrogens with zero attached hydrogens (tertiary/aromatic N) is 3. The highest BCUT2D eigenvalue weighted by molar-refractivity contribution is 7.12. The molecule has 0 atom stereocenters. The number of fused-ring (bicyclic) bond motifs is 2. The molecule has 6 aromatic rings. The minimum atomic E-state index is -0.174. The Balaban J connectivity index is 0.000000133. The second kappa shape index (κ2) is 12.2. The van der Waals surface area contributed by atoms with Gasteiger partial charge in [-0.1, -0.05) is 48.6 Å². The Hall–Kier alpha value is -4.36. The number of allylic oxidation sites excluding steroid dienone is 2. The van der Waals surface area contributed by atoms with Crippen LogP contribution < -0.4 is 5.32 Å². The lowest BCUT2D eigenvalue weighted by molar-refractivity contribution is 0.0879. The summed E-state index contributed by atoms with van der Waals surface area (Å²) >= 11 is 7.10. The van der Waals surface area contributed by atoms with E-state index in [2.05, 4.69) is 120 Å². The summed E-state index contributed by atoms with van der Waals surface area (Å²) in [5.41, 5.74) is 4.70. The van der Waals surface area contributed by atoms with Crippen molar-refractivity contribution in [3.05, 3.63) is 136 Å². The van der Waals surface area contributed by atoms with Gasteiger partial charge in [-0.15, -0.1) is 45.3 Å². The molecule has 3 aliphatic carbocycles. The van der Waals surface area contributed by atoms with Crippen molar-refractivity contribution in [2.75, 3.05) is 13.1 Å². The molecular formula is C37H32N6O2S4. The number of carbonyl (C=O) groups is 2. The Labute approximate surface area is 299 Å². The molecule has 0 unspecified atom stereocenters. The van der Waals surface area contributed by atoms with E-state index < -0.39 is 0 Å². The number of carbonyl (C=O) groups excluding carboxylic acids is 2. The van der Waals surface area contributed by atoms with Crippen LogP contribution in [0.3, 0.4) is 0 Å². The van der Waals surface area contributed by atoms with Crippen LogP contribution in [0.5, 0.6) is 0 Å². The van der Waals surface area contributed by atoms with Gasteiger partial charge < -0.3 is 10.2 Å². The van der Waals surface area contributed by atoms with Crippen molar-refractivity contribution in [3.63, 3.8) is 0 Å². The van der Waals surface area contributed by atoms with Gasteiger partial charge in [-0.2, -0.15) is 10.2 Å². The summed E-state index contributed by atoms with van der Waals surface area (Å²) in [6.45, 7) is 1.69. The van der Waals surface area contributed by atoms with Crippen LogP contribution in [-0.2, 0) is 23.7 Å². The summed E-state index contributed by atoms with van der Waals surface area (Å²) < 4.78 is 0. The summed E-state index contributed by atoms with van der Waals surface area (Å²) in [5, 5.41) is 26.4. The number of nitrogens with one attached hydrogen (secondary N) is 3. The van der Waals surface area contributed by atoms with Gasteiger partial charge in [0.05, 0.1) is 10.8 Å². The highest BCUT2D eigenvalue weighted by atomic mass is 32.1. The molecule has 4 aliphatic rings. The summed E-state index contributed by atoms with van der Waals surface area (Å²) in [5.74, 6) is -0.0266. The lowest BCUT2D eigenvalue weighted by Gasteiger charge is -2.31. The van der Waals surface area contributed by atoms with Crippen molar-refractivity contribution < 1.29 is 9.59 Å². The Kier molecular flexibility index (Phi) is 7.64. The number of H-pyrrole nitrogens is 2. The fourth-order valence-corrected chi connectivity index (χ4v) is 10.6. The van der Waals surface area contributed by atoms with Gasteiger partial charge in [0.25, 0.3) is 11.8 Å². The number of aromatic nitrogens is 4. The third-order valence-electron chi connectivity index (χ3n) is 9.65. The lowest BCUT2D eigenvalue weighted by Crippen LogP contribution is -2.29. The van der Waals surface area contributed by atoms with Crippen molar-refractivity contribution in [2.24, 2.45) is 0 Å². The van der Waals surface area contributed by atoms with Crippen molar-refractivity contribution >= 4 is 69.3 Å². The predicted octanol–water partition coefficient (Wildman–Crippen LogP) is 7.52. The minimum Gasteiger partial charge on any atom is -0.348 e. The van der Waals surface area contributed by atoms with E-state index in [-0.39, 0.29) is 22.6 Å². The van der Waals surface area contributed by atoms with E-state index >= 15 is 0 Å². The SMILES string of the molecule is O=C(NC1CC1)c1n[nH]c2c1C=CC(c1cccs1)(c1cccs1)C2.O=C(c1n[nH]c2c1C=CC(c1cccs1)(c1cccs1)C2)N1CC1. The number of amides is 2. The second-order valence-electron chi connectivity index (χ2n) is 12.8. The fraction of sp³-hybridized carbons (Fsp3) is 0.243. The van der Waals surface area contributed by atoms with E-state index in [0.29, 0.717) is 17.4 Å². The lowest BCUT2D eigenvalue weighted by atomic mass is 9.75. The zero-order valence-corrected chi connectivity index (χ0v) is 29.6. The van der Waals surface area contributed by atoms with Crippen molar-refractivity contribution in [1.29, 1.82) is 0 Å². The normalized spacial score (nSPS) is 17.9. The molecule has 8 nitrogen and oxygen atoms in total. The molecule has 1 saturated carbocycles. The molecule has 7 heterocycles. The Morgan fingerprint density at radius 3 is 1.55 bits per heavy atom. The largest absolute Gasteiger partial charge is 0.348 e. The van der Waals surface area contributed by atoms with Crippen LogP contribution in [0.25, 0.3) is 12.2 Å². The third kappa shape index (κ3) is 5.47. The molecule has 2 fully saturated rings. The van der Waals surface area contributed by atoms with Crippen LogP contribution in [0, 0.1) is 0 Å². The van der Waals surface area contributed by atoms with Gasteiger partial charge in [0.2, 0.25) is 0 Å². The van der Waals surface area contributed by atoms with E-state index in [1.807, 2.05) is 4.90 Å². The predicted molar refractivity (Wildman–Crippen MR) is 198 cm³/mol. The highest BCUT2D eigenvalue weighted by Gasteiger charge is 2.41. The van der Waals surface area contributed by atoms with Gasteiger partial charge in [0, 0.05) is 74.0 Å². The second-order valence-corrected chi connectivity index (χ2v) is 16.6. The summed E-state index contributed by atoms with van der Waals surface area (Å²) in [6, 6.07) is 17.5. The first kappa shape index (κ1) is 30.7. The molecule has 1 saturated heterocycles. The number of hydrogen-bond donors (Lipinski definition) is 3. The van der Waals surface area contributed by atoms with E-state index in [1.54, 1.807) is 45.3 Å². The van der Waals surface area contributed by atoms with Crippen LogP contribution in [0.1, 0.15) is 75.8 Å². The zero-order chi connectivity index (χ0) is 33.0. The molecule has 1 aliphatic heterocycles. The van der Waals surface area contributed by atoms with Crippen LogP contribution >= 0.6 is 45.3 Å². The Morgan fingerprint density at radius 2 is 1.14 bits per heavy atom. The minimum absolute atomic E-state index is 0.0388. The van der Waals surface area contributed by atoms with Gasteiger partial charge in [-0.05, 0) is 58.6 Å². The molecule has 12 heteroatoms. The number of rotatable bonds is 7. The first-order valence-electron chi connectivity index (χ1n) is 16.3. The molecule has 0 aromatic carbocycles. The molecule has 0 spiro atoms. The van der Waals surface area contributed by atoms with E-state index in [9.17, 15) is 9.59 Å². The quantitative estimate of drug-likeness (QED) is 0.148. The van der Waals surface area contributed by atoms with E-state index in [1.165, 1.54) is 19.5 Å². The standard InChI is InChI=1S/C19H17N3OS2.C18H15N3OS2/c23-18(20-12-5-6-12)17-13-7-8-19(11-14(13)21-22-17,15-3-1-9-24-15)16-4-2-10-25-16;22-17(21-7-8-21)16-12-5-6-18(11-13(12)19-20-16,14-3-1-9-23-14)15-4-2-10-24-15/h1-4,7-10,12H,5-6,11H2,(H,20,23)(H,21,22);1-6,9-10H,7-8,11H2,(H,19,20). The molecule has 246 valence electrons. The third-order valence-corrected chi connectivity index (χ3v) is 13.8. The highest BCUT2D eigenvalue weighted by Crippen LogP contribution is 2.46. The maximum absolute atomic E-state index is 12.4. The molecule has 6 aromatic heterocycles. The molecule has 0 radical (unpaired) electrons. The summed E-state index contributed by atoms with van der Waals surface area (Å²) in [4.78, 5) is 31.9. The molecule has 10 rings (SSSR count). The maximum Gasteiger partial charge on any atom is 0.275 e. The van der Waals surface area contributed by atoms with Crippen LogP contribution in [-0.4, -0.2) is 56.2 Å². The van der Waals surface area contributed by atoms with Crippen molar-refractivity contribution in [3.8, 4) is 0 Å². The smallest absolute Gasteiger partial charge is 0.275 e. The average Bonchev–Trinajstić information content (AvgIpc) is 3.70. The topological polar surface area (TPSA) is 107 Å². The van der Waals surface area contributed by atoms with Gasteiger partial charge >= 0.3 is 0 Å². The molecular weight excluding hydrogens is 689 g/mol. The first-order valence-corrected chi connectivity index (χ1v) is 19.8. The zero-order valence-electron chi connectivity index (χ0n) is 26.3. The Bertz CT molecular complexity index is 2090. The average molecular weight is 721 g/mol. The van der Waals surface area contributed by atoms with Crippen molar-refractivity contribution in [2.45, 2.75) is 42.6 Å². The van der Waals surface area contributed by atoms with Gasteiger partial charge in [-0.3, -0.25) is 19.8 Å². The molecule has 0 bridgehead atoms. The molecule has 49 heavy (non-hydrogen) atoms. The number of hydrogen-bond acceptors (Lipinski definition) is 8. The van der Waals surface area contributed by atoms with Crippen LogP contribution in [0.2, 0.25) is 0 Å². The maximum atomic E-state index is 12.4. The number of thiophene rings is 4. The Morgan fingerprint density at radius 1 is 0.694 bits per heavy atom. The van der Waals surface area contributed by atoms with E-state index in [0.717, 1.165) is 61.3 Å². The summed E-state index contributed by atoms with van der Waals surface area (Å²) in [7, 11) is 0. The van der Waals surface area contributed by atoms with Crippen LogP contribution in [0.15, 0.2) is 82.2 Å². The number of aromatic amines is 2. The van der Waals surface area contributed by atoms with E-state index in [4.69, 9.17) is 0 Å². The van der Waals surface area contributed by atoms with Crippen molar-refractivity contribution in [1.82, 2.24) is 30.6 Å². The van der Waals surface area contributed by atoms with Gasteiger partial charge in [0.1, 0.15) is 0 Å². The molecule has 3 N–H and O–H groups in total. The summed E-state index contributed by atoms with van der Waals surface area (Å²) in [6.07, 6.45) is 12.4. The molecule has 2 amide bonds. The van der Waals surface area contributed by atoms with Crippen LogP contribution in [0.4, 0.5) is 0 Å². The monoisotopic (exact) mass is 720 g/mol. The fourth-order valence-electron chi connectivity index (χ4n) is 6.80.